The highest BCUT2D eigenvalue weighted by molar-refractivity contribution is 7.98. The number of aliphatic carboxylic acids is 1. The van der Waals surface area contributed by atoms with Gasteiger partial charge in [-0.3, -0.25) is 4.79 Å². The molecule has 0 unspecified atom stereocenters. The van der Waals surface area contributed by atoms with Crippen molar-refractivity contribution < 1.29 is 18.8 Å². The predicted molar refractivity (Wildman–Crippen MR) is 61.6 cm³/mol. The van der Waals surface area contributed by atoms with Crippen LogP contribution in [0.25, 0.3) is 0 Å². The first-order valence-electron chi connectivity index (χ1n) is 5.05. The van der Waals surface area contributed by atoms with E-state index in [9.17, 15) is 9.18 Å². The van der Waals surface area contributed by atoms with Crippen molar-refractivity contribution in [3.63, 3.8) is 0 Å². The summed E-state index contributed by atoms with van der Waals surface area (Å²) in [6, 6.07) is 6.15. The lowest BCUT2D eigenvalue weighted by Crippen LogP contribution is -2.00. The molecule has 0 atom stereocenters. The van der Waals surface area contributed by atoms with Crippen LogP contribution < -0.4 is 0 Å². The summed E-state index contributed by atoms with van der Waals surface area (Å²) < 4.78 is 17.7. The summed E-state index contributed by atoms with van der Waals surface area (Å²) in [7, 11) is 0. The fourth-order valence-electron chi connectivity index (χ4n) is 1.25. The Balaban J connectivity index is 1.94. The first kappa shape index (κ1) is 12.6. The van der Waals surface area contributed by atoms with E-state index in [2.05, 4.69) is 10.1 Å². The van der Waals surface area contributed by atoms with Crippen LogP contribution in [-0.2, 0) is 17.0 Å². The van der Waals surface area contributed by atoms with E-state index in [1.807, 2.05) is 0 Å². The van der Waals surface area contributed by atoms with Crippen LogP contribution in [0.3, 0.4) is 0 Å². The lowest BCUT2D eigenvalue weighted by atomic mass is 10.4. The third-order valence-corrected chi connectivity index (χ3v) is 2.97. The summed E-state index contributed by atoms with van der Waals surface area (Å²) in [6.07, 6.45) is -0.294. The summed E-state index contributed by atoms with van der Waals surface area (Å²) in [5.74, 6) is -0.479. The molecule has 0 aliphatic heterocycles. The highest BCUT2D eigenvalue weighted by Gasteiger charge is 2.10. The van der Waals surface area contributed by atoms with Gasteiger partial charge < -0.3 is 9.63 Å². The standard InChI is InChI=1S/C11H9FN2O3S/c12-7-2-1-3-8(4-7)18-6-9-13-10(17-14-9)5-11(15)16/h1-4H,5-6H2,(H,15,16). The van der Waals surface area contributed by atoms with Crippen LogP contribution in [0, 0.1) is 5.82 Å². The van der Waals surface area contributed by atoms with Crippen molar-refractivity contribution >= 4 is 17.7 Å². The summed E-state index contributed by atoms with van der Waals surface area (Å²) >= 11 is 1.35. The number of benzene rings is 1. The fraction of sp³-hybridized carbons (Fsp3) is 0.182. The molecule has 1 aromatic carbocycles. The van der Waals surface area contributed by atoms with Crippen molar-refractivity contribution in [2.75, 3.05) is 0 Å². The molecule has 2 rings (SSSR count). The number of thioether (sulfide) groups is 1. The highest BCUT2D eigenvalue weighted by Crippen LogP contribution is 2.22. The second kappa shape index (κ2) is 5.63. The highest BCUT2D eigenvalue weighted by atomic mass is 32.2. The van der Waals surface area contributed by atoms with Crippen LogP contribution >= 0.6 is 11.8 Å². The Hall–Kier alpha value is -1.89. The summed E-state index contributed by atoms with van der Waals surface area (Å²) in [5.41, 5.74) is 0. The zero-order valence-corrected chi connectivity index (χ0v) is 9.98. The molecular weight excluding hydrogens is 259 g/mol. The zero-order chi connectivity index (χ0) is 13.0. The van der Waals surface area contributed by atoms with Gasteiger partial charge in [-0.1, -0.05) is 11.2 Å². The molecule has 18 heavy (non-hydrogen) atoms. The number of nitrogens with zero attached hydrogens (tertiary/aromatic N) is 2. The van der Waals surface area contributed by atoms with Gasteiger partial charge in [0.1, 0.15) is 12.2 Å². The largest absolute Gasteiger partial charge is 0.481 e. The van der Waals surface area contributed by atoms with Crippen molar-refractivity contribution in [2.45, 2.75) is 17.1 Å². The number of rotatable bonds is 5. The Morgan fingerprint density at radius 3 is 3.06 bits per heavy atom. The first-order chi connectivity index (χ1) is 8.63. The second-order valence-corrected chi connectivity index (χ2v) is 4.47. The maximum Gasteiger partial charge on any atom is 0.312 e. The van der Waals surface area contributed by atoms with Gasteiger partial charge in [-0.2, -0.15) is 4.98 Å². The minimum Gasteiger partial charge on any atom is -0.481 e. The van der Waals surface area contributed by atoms with E-state index in [0.717, 1.165) is 4.90 Å². The van der Waals surface area contributed by atoms with Crippen molar-refractivity contribution in [2.24, 2.45) is 0 Å². The number of carbonyl (C=O) groups is 1. The predicted octanol–water partition coefficient (Wildman–Crippen LogP) is 2.13. The van der Waals surface area contributed by atoms with E-state index < -0.39 is 5.97 Å². The van der Waals surface area contributed by atoms with E-state index in [0.29, 0.717) is 11.6 Å². The summed E-state index contributed by atoms with van der Waals surface area (Å²) in [4.78, 5) is 15.1. The zero-order valence-electron chi connectivity index (χ0n) is 9.17. The van der Waals surface area contributed by atoms with Gasteiger partial charge in [-0.15, -0.1) is 11.8 Å². The molecule has 94 valence electrons. The van der Waals surface area contributed by atoms with E-state index in [1.54, 1.807) is 12.1 Å². The van der Waals surface area contributed by atoms with Crippen molar-refractivity contribution in [1.29, 1.82) is 0 Å². The van der Waals surface area contributed by atoms with Crippen LogP contribution in [0.15, 0.2) is 33.7 Å². The second-order valence-electron chi connectivity index (χ2n) is 3.42. The van der Waals surface area contributed by atoms with Gasteiger partial charge in [-0.05, 0) is 18.2 Å². The molecule has 1 heterocycles. The average molecular weight is 268 g/mol. The van der Waals surface area contributed by atoms with Gasteiger partial charge in [0.25, 0.3) is 0 Å². The third-order valence-electron chi connectivity index (χ3n) is 1.98. The number of halogens is 1. The molecule has 0 saturated carbocycles. The number of carboxylic acids is 1. The topological polar surface area (TPSA) is 76.2 Å². The fourth-order valence-corrected chi connectivity index (χ4v) is 2.04. The van der Waals surface area contributed by atoms with Crippen LogP contribution in [0.1, 0.15) is 11.7 Å². The smallest absolute Gasteiger partial charge is 0.312 e. The molecule has 0 spiro atoms. The first-order valence-corrected chi connectivity index (χ1v) is 6.03. The van der Waals surface area contributed by atoms with Gasteiger partial charge in [-0.25, -0.2) is 4.39 Å². The van der Waals surface area contributed by atoms with Crippen molar-refractivity contribution in [3.05, 3.63) is 41.8 Å². The number of hydrogen-bond donors (Lipinski definition) is 1. The van der Waals surface area contributed by atoms with Gasteiger partial charge in [0, 0.05) is 4.90 Å². The van der Waals surface area contributed by atoms with E-state index in [4.69, 9.17) is 9.63 Å². The Morgan fingerprint density at radius 2 is 2.33 bits per heavy atom. The van der Waals surface area contributed by atoms with E-state index in [-0.39, 0.29) is 18.1 Å². The van der Waals surface area contributed by atoms with Gasteiger partial charge >= 0.3 is 5.97 Å². The molecule has 0 aliphatic rings. The van der Waals surface area contributed by atoms with Crippen LogP contribution in [0.2, 0.25) is 0 Å². The monoisotopic (exact) mass is 268 g/mol. The normalized spacial score (nSPS) is 10.5. The minimum absolute atomic E-state index is 0.0670. The molecule has 7 heteroatoms. The molecular formula is C11H9FN2O3S. The van der Waals surface area contributed by atoms with Crippen molar-refractivity contribution in [1.82, 2.24) is 10.1 Å². The number of hydrogen-bond acceptors (Lipinski definition) is 5. The van der Waals surface area contributed by atoms with E-state index in [1.165, 1.54) is 23.9 Å². The summed E-state index contributed by atoms with van der Waals surface area (Å²) in [6.45, 7) is 0. The maximum absolute atomic E-state index is 12.9. The molecule has 0 fully saturated rings. The van der Waals surface area contributed by atoms with Crippen LogP contribution in [0.5, 0.6) is 0 Å². The molecule has 0 bridgehead atoms. The Labute approximate surface area is 106 Å². The molecule has 0 aliphatic carbocycles. The molecule has 0 saturated heterocycles. The summed E-state index contributed by atoms with van der Waals surface area (Å²) in [5, 5.41) is 12.2. The molecule has 0 amide bonds. The van der Waals surface area contributed by atoms with Gasteiger partial charge in [0.2, 0.25) is 5.89 Å². The number of carboxylic acid groups (broad SMARTS) is 1. The van der Waals surface area contributed by atoms with Crippen LogP contribution in [-0.4, -0.2) is 21.2 Å². The van der Waals surface area contributed by atoms with Gasteiger partial charge in [0.15, 0.2) is 5.82 Å². The third kappa shape index (κ3) is 3.56. The average Bonchev–Trinajstić information content (AvgIpc) is 2.73. The Morgan fingerprint density at radius 1 is 1.50 bits per heavy atom. The van der Waals surface area contributed by atoms with E-state index >= 15 is 0 Å². The molecule has 2 aromatic rings. The van der Waals surface area contributed by atoms with Crippen LogP contribution in [0.4, 0.5) is 4.39 Å². The SMILES string of the molecule is O=C(O)Cc1nc(CSc2cccc(F)c2)no1. The molecule has 1 aromatic heterocycles. The Kier molecular flexibility index (Phi) is 3.93. The lowest BCUT2D eigenvalue weighted by Gasteiger charge is -1.97. The van der Waals surface area contributed by atoms with Gasteiger partial charge in [0.05, 0.1) is 5.75 Å². The van der Waals surface area contributed by atoms with Crippen molar-refractivity contribution in [3.8, 4) is 0 Å². The molecule has 0 radical (unpaired) electrons. The lowest BCUT2D eigenvalue weighted by molar-refractivity contribution is -0.136. The molecule has 5 nitrogen and oxygen atoms in total. The maximum atomic E-state index is 12.9. The minimum atomic E-state index is -1.03. The Bertz CT molecular complexity index is 559. The number of aromatic nitrogens is 2. The molecule has 1 N–H and O–H groups in total. The quantitative estimate of drug-likeness (QED) is 0.837.